The predicted molar refractivity (Wildman–Crippen MR) is 112 cm³/mol. The van der Waals surface area contributed by atoms with Crippen molar-refractivity contribution in [2.45, 2.75) is 50.7 Å². The number of carboxylic acids is 1. The molecule has 2 atom stereocenters. The number of hydrazone groups is 1. The first-order valence-electron chi connectivity index (χ1n) is 10.9. The molecule has 3 saturated heterocycles. The number of aliphatic carboxylic acids is 1. The third-order valence-corrected chi connectivity index (χ3v) is 6.33. The summed E-state index contributed by atoms with van der Waals surface area (Å²) in [5, 5.41) is 15.6. The van der Waals surface area contributed by atoms with Gasteiger partial charge in [-0.05, 0) is 68.7 Å². The van der Waals surface area contributed by atoms with E-state index in [1.54, 1.807) is 0 Å². The predicted octanol–water partition coefficient (Wildman–Crippen LogP) is 2.64. The molecule has 2 unspecified atom stereocenters. The summed E-state index contributed by atoms with van der Waals surface area (Å²) in [5.41, 5.74) is 5.59. The van der Waals surface area contributed by atoms with Gasteiger partial charge in [-0.1, -0.05) is 24.3 Å². The third kappa shape index (κ3) is 5.78. The lowest BCUT2D eigenvalue weighted by molar-refractivity contribution is -0.138. The minimum atomic E-state index is -0.733. The summed E-state index contributed by atoms with van der Waals surface area (Å²) in [5.74, 6) is -0.113. The standard InChI is InChI=1S/C22H32N4O3/c27-22(28)16-25-11-7-17(8-12-25)13-20-14-21(24-29-20)19-5-3-18(4-6-19)15-23-26-9-1-2-10-26/h3-6,15,17,20-21,24H,1-2,7-14,16H2,(H,27,28). The molecule has 0 aromatic heterocycles. The van der Waals surface area contributed by atoms with E-state index in [9.17, 15) is 4.79 Å². The minimum Gasteiger partial charge on any atom is -0.480 e. The van der Waals surface area contributed by atoms with E-state index in [-0.39, 0.29) is 18.7 Å². The molecule has 3 heterocycles. The van der Waals surface area contributed by atoms with Gasteiger partial charge >= 0.3 is 5.97 Å². The van der Waals surface area contributed by atoms with E-state index in [0.29, 0.717) is 5.92 Å². The highest BCUT2D eigenvalue weighted by atomic mass is 16.7. The number of hydroxylamine groups is 1. The van der Waals surface area contributed by atoms with Gasteiger partial charge in [-0.15, -0.1) is 0 Å². The number of rotatable bonds is 7. The van der Waals surface area contributed by atoms with Crippen LogP contribution >= 0.6 is 0 Å². The van der Waals surface area contributed by atoms with Crippen LogP contribution in [0.25, 0.3) is 0 Å². The van der Waals surface area contributed by atoms with E-state index in [4.69, 9.17) is 9.94 Å². The molecule has 0 radical (unpaired) electrons. The Bertz CT molecular complexity index is 695. The average molecular weight is 401 g/mol. The van der Waals surface area contributed by atoms with Crippen molar-refractivity contribution in [1.29, 1.82) is 0 Å². The zero-order valence-corrected chi connectivity index (χ0v) is 17.0. The molecule has 7 heteroatoms. The molecule has 4 rings (SSSR count). The molecular formula is C22H32N4O3. The highest BCUT2D eigenvalue weighted by molar-refractivity contribution is 5.79. The number of hydrogen-bond acceptors (Lipinski definition) is 6. The van der Waals surface area contributed by atoms with Crippen LogP contribution < -0.4 is 5.48 Å². The van der Waals surface area contributed by atoms with Gasteiger partial charge in [0.05, 0.1) is 24.9 Å². The third-order valence-electron chi connectivity index (χ3n) is 6.33. The summed E-state index contributed by atoms with van der Waals surface area (Å²) in [6.45, 7) is 4.05. The van der Waals surface area contributed by atoms with Crippen molar-refractivity contribution >= 4 is 12.2 Å². The molecule has 0 bridgehead atoms. The molecule has 0 saturated carbocycles. The first-order valence-corrected chi connectivity index (χ1v) is 10.9. The van der Waals surface area contributed by atoms with Crippen LogP contribution in [0.5, 0.6) is 0 Å². The van der Waals surface area contributed by atoms with Crippen molar-refractivity contribution in [2.24, 2.45) is 11.0 Å². The molecular weight excluding hydrogens is 368 g/mol. The molecule has 1 aromatic carbocycles. The van der Waals surface area contributed by atoms with Gasteiger partial charge in [0, 0.05) is 13.1 Å². The van der Waals surface area contributed by atoms with Gasteiger partial charge < -0.3 is 5.11 Å². The second-order valence-electron chi connectivity index (χ2n) is 8.57. The molecule has 29 heavy (non-hydrogen) atoms. The van der Waals surface area contributed by atoms with Gasteiger partial charge in [-0.25, -0.2) is 0 Å². The maximum Gasteiger partial charge on any atom is 0.317 e. The minimum absolute atomic E-state index is 0.162. The highest BCUT2D eigenvalue weighted by Gasteiger charge is 2.30. The summed E-state index contributed by atoms with van der Waals surface area (Å²) in [6, 6.07) is 8.82. The Hall–Kier alpha value is -1.96. The first kappa shape index (κ1) is 20.3. The van der Waals surface area contributed by atoms with E-state index < -0.39 is 5.97 Å². The number of carbonyl (C=O) groups is 1. The molecule has 0 amide bonds. The summed E-state index contributed by atoms with van der Waals surface area (Å²) in [4.78, 5) is 18.7. The number of piperidine rings is 1. The Kier molecular flexibility index (Phi) is 6.79. The summed E-state index contributed by atoms with van der Waals surface area (Å²) in [7, 11) is 0. The maximum absolute atomic E-state index is 10.8. The van der Waals surface area contributed by atoms with Crippen LogP contribution in [-0.4, -0.2) is 66.0 Å². The maximum atomic E-state index is 10.8. The zero-order valence-electron chi connectivity index (χ0n) is 17.0. The molecule has 0 spiro atoms. The monoisotopic (exact) mass is 400 g/mol. The Labute approximate surface area is 172 Å². The molecule has 7 nitrogen and oxygen atoms in total. The van der Waals surface area contributed by atoms with E-state index in [1.165, 1.54) is 18.4 Å². The number of nitrogens with one attached hydrogen (secondary N) is 1. The van der Waals surface area contributed by atoms with Crippen molar-refractivity contribution in [2.75, 3.05) is 32.7 Å². The summed E-state index contributed by atoms with van der Waals surface area (Å²) in [6.07, 6.45) is 8.81. The fraction of sp³-hybridized carbons (Fsp3) is 0.636. The van der Waals surface area contributed by atoms with Crippen LogP contribution in [0.4, 0.5) is 0 Å². The van der Waals surface area contributed by atoms with Crippen molar-refractivity contribution in [1.82, 2.24) is 15.4 Å². The van der Waals surface area contributed by atoms with Crippen molar-refractivity contribution in [3.8, 4) is 0 Å². The van der Waals surface area contributed by atoms with Gasteiger partial charge in [-0.2, -0.15) is 10.6 Å². The lowest BCUT2D eigenvalue weighted by Gasteiger charge is -2.31. The summed E-state index contributed by atoms with van der Waals surface area (Å²) >= 11 is 0. The topological polar surface area (TPSA) is 77.4 Å². The van der Waals surface area contributed by atoms with Gasteiger partial charge in [0.25, 0.3) is 0 Å². The molecule has 158 valence electrons. The van der Waals surface area contributed by atoms with Gasteiger partial charge in [0.1, 0.15) is 0 Å². The van der Waals surface area contributed by atoms with E-state index >= 15 is 0 Å². The summed E-state index contributed by atoms with van der Waals surface area (Å²) < 4.78 is 0. The van der Waals surface area contributed by atoms with Crippen LogP contribution in [0.3, 0.4) is 0 Å². The van der Waals surface area contributed by atoms with Crippen molar-refractivity contribution in [3.05, 3.63) is 35.4 Å². The Morgan fingerprint density at radius 1 is 1.17 bits per heavy atom. The lowest BCUT2D eigenvalue weighted by atomic mass is 9.89. The Morgan fingerprint density at radius 3 is 2.59 bits per heavy atom. The Morgan fingerprint density at radius 2 is 1.90 bits per heavy atom. The zero-order chi connectivity index (χ0) is 20.1. The second-order valence-corrected chi connectivity index (χ2v) is 8.57. The smallest absolute Gasteiger partial charge is 0.317 e. The second kappa shape index (κ2) is 9.69. The molecule has 3 aliphatic rings. The number of hydrogen-bond donors (Lipinski definition) is 2. The number of carboxylic acid groups (broad SMARTS) is 1. The number of nitrogens with zero attached hydrogens (tertiary/aromatic N) is 3. The highest BCUT2D eigenvalue weighted by Crippen LogP contribution is 2.31. The molecule has 3 fully saturated rings. The van der Waals surface area contributed by atoms with E-state index in [2.05, 4.69) is 39.9 Å². The molecule has 1 aromatic rings. The molecule has 0 aliphatic carbocycles. The van der Waals surface area contributed by atoms with E-state index in [0.717, 1.165) is 57.4 Å². The fourth-order valence-electron chi connectivity index (χ4n) is 4.61. The van der Waals surface area contributed by atoms with Crippen LogP contribution in [0.15, 0.2) is 29.4 Å². The largest absolute Gasteiger partial charge is 0.480 e. The average Bonchev–Trinajstić information content (AvgIpc) is 3.40. The van der Waals surface area contributed by atoms with Crippen LogP contribution in [0, 0.1) is 5.92 Å². The van der Waals surface area contributed by atoms with Crippen LogP contribution in [-0.2, 0) is 9.63 Å². The SMILES string of the molecule is O=C(O)CN1CCC(CC2CC(c3ccc(C=NN4CCCC4)cc3)NO2)CC1. The van der Waals surface area contributed by atoms with Crippen LogP contribution in [0.1, 0.15) is 55.7 Å². The molecule has 3 aliphatic heterocycles. The fourth-order valence-corrected chi connectivity index (χ4v) is 4.61. The van der Waals surface area contributed by atoms with Gasteiger partial charge in [0.2, 0.25) is 0 Å². The number of benzene rings is 1. The molecule has 2 N–H and O–H groups in total. The van der Waals surface area contributed by atoms with E-state index in [1.807, 2.05) is 11.1 Å². The normalized spacial score (nSPS) is 26.6. The van der Waals surface area contributed by atoms with Crippen molar-refractivity contribution < 1.29 is 14.7 Å². The van der Waals surface area contributed by atoms with Gasteiger partial charge in [0.15, 0.2) is 0 Å². The van der Waals surface area contributed by atoms with Gasteiger partial charge in [-0.3, -0.25) is 19.5 Å². The van der Waals surface area contributed by atoms with Crippen molar-refractivity contribution in [3.63, 3.8) is 0 Å². The Balaban J connectivity index is 1.22. The lowest BCUT2D eigenvalue weighted by Crippen LogP contribution is -2.38. The van der Waals surface area contributed by atoms with Crippen LogP contribution in [0.2, 0.25) is 0 Å². The first-order chi connectivity index (χ1) is 14.2. The number of likely N-dealkylation sites (tertiary alicyclic amines) is 1. The quantitative estimate of drug-likeness (QED) is 0.685.